The van der Waals surface area contributed by atoms with Crippen LogP contribution in [0.25, 0.3) is 31.6 Å². The first-order chi connectivity index (χ1) is 13.3. The second kappa shape index (κ2) is 6.15. The summed E-state index contributed by atoms with van der Waals surface area (Å²) >= 11 is 1.74. The Bertz CT molecular complexity index is 1170. The maximum Gasteiger partial charge on any atom is 0.494 e. The van der Waals surface area contributed by atoms with Crippen LogP contribution < -0.4 is 5.46 Å². The van der Waals surface area contributed by atoms with Gasteiger partial charge >= 0.3 is 7.12 Å². The van der Waals surface area contributed by atoms with Crippen molar-refractivity contribution >= 4 is 44.9 Å². The van der Waals surface area contributed by atoms with Crippen molar-refractivity contribution in [3.8, 4) is 10.6 Å². The second-order valence-corrected chi connectivity index (χ2v) is 9.37. The molecule has 28 heavy (non-hydrogen) atoms. The fourth-order valence-electron chi connectivity index (χ4n) is 3.56. The highest BCUT2D eigenvalue weighted by Gasteiger charge is 2.51. The van der Waals surface area contributed by atoms with Gasteiger partial charge in [-0.1, -0.05) is 54.6 Å². The van der Waals surface area contributed by atoms with E-state index in [0.29, 0.717) is 0 Å². The summed E-state index contributed by atoms with van der Waals surface area (Å²) in [5.74, 6) is 0. The number of thiazole rings is 1. The van der Waals surface area contributed by atoms with Gasteiger partial charge in [0, 0.05) is 10.9 Å². The lowest BCUT2D eigenvalue weighted by molar-refractivity contribution is 0.00578. The summed E-state index contributed by atoms with van der Waals surface area (Å²) in [5.41, 5.74) is 2.58. The Morgan fingerprint density at radius 1 is 0.857 bits per heavy atom. The van der Waals surface area contributed by atoms with Crippen molar-refractivity contribution in [2.24, 2.45) is 0 Å². The maximum atomic E-state index is 6.22. The molecule has 0 aliphatic carbocycles. The summed E-state index contributed by atoms with van der Waals surface area (Å²) in [4.78, 5) is 4.84. The molecule has 1 aromatic heterocycles. The molecule has 2 heterocycles. The van der Waals surface area contributed by atoms with Crippen LogP contribution in [0.4, 0.5) is 0 Å². The Hall–Kier alpha value is -2.21. The third-order valence-electron chi connectivity index (χ3n) is 5.94. The predicted molar refractivity (Wildman–Crippen MR) is 118 cm³/mol. The average Bonchev–Trinajstić information content (AvgIpc) is 3.20. The second-order valence-electron chi connectivity index (χ2n) is 8.37. The van der Waals surface area contributed by atoms with Crippen molar-refractivity contribution in [2.75, 3.05) is 0 Å². The molecule has 0 N–H and O–H groups in total. The number of benzene rings is 3. The highest BCUT2D eigenvalue weighted by Crippen LogP contribution is 2.38. The molecule has 1 aliphatic rings. The molecular weight excluding hydrogens is 365 g/mol. The smallest absolute Gasteiger partial charge is 0.399 e. The number of hydrogen-bond donors (Lipinski definition) is 0. The summed E-state index contributed by atoms with van der Waals surface area (Å²) in [6.45, 7) is 8.33. The van der Waals surface area contributed by atoms with E-state index in [1.165, 1.54) is 15.5 Å². The summed E-state index contributed by atoms with van der Waals surface area (Å²) in [5, 5.41) is 3.46. The van der Waals surface area contributed by atoms with Crippen LogP contribution in [0.1, 0.15) is 27.7 Å². The number of hydrogen-bond acceptors (Lipinski definition) is 4. The zero-order chi connectivity index (χ0) is 19.5. The largest absolute Gasteiger partial charge is 0.494 e. The first-order valence-electron chi connectivity index (χ1n) is 9.58. The molecule has 1 fully saturated rings. The van der Waals surface area contributed by atoms with E-state index in [4.69, 9.17) is 14.3 Å². The minimum Gasteiger partial charge on any atom is -0.399 e. The zero-order valence-corrected chi connectivity index (χ0v) is 17.3. The molecule has 1 saturated heterocycles. The van der Waals surface area contributed by atoms with Gasteiger partial charge in [-0.3, -0.25) is 0 Å². The molecule has 5 heteroatoms. The Morgan fingerprint density at radius 2 is 1.57 bits per heavy atom. The highest BCUT2D eigenvalue weighted by molar-refractivity contribution is 7.22. The SMILES string of the molecule is CC1(C)OB(c2ccc3c(ccc4nc(-c5ccccc5)sc43)c2)OC1(C)C. The molecule has 140 valence electrons. The highest BCUT2D eigenvalue weighted by atomic mass is 32.1. The number of nitrogens with zero attached hydrogens (tertiary/aromatic N) is 1. The molecule has 0 bridgehead atoms. The molecular formula is C23H22BNO2S. The van der Waals surface area contributed by atoms with Crippen LogP contribution in [0.2, 0.25) is 0 Å². The first kappa shape index (κ1) is 17.9. The lowest BCUT2D eigenvalue weighted by atomic mass is 9.78. The summed E-state index contributed by atoms with van der Waals surface area (Å²) in [6, 6.07) is 21.1. The van der Waals surface area contributed by atoms with E-state index in [2.05, 4.69) is 82.3 Å². The van der Waals surface area contributed by atoms with Crippen molar-refractivity contribution < 1.29 is 9.31 Å². The van der Waals surface area contributed by atoms with Crippen molar-refractivity contribution in [1.29, 1.82) is 0 Å². The summed E-state index contributed by atoms with van der Waals surface area (Å²) in [6.07, 6.45) is 0. The van der Waals surface area contributed by atoms with Crippen LogP contribution in [0.15, 0.2) is 60.7 Å². The fraction of sp³-hybridized carbons (Fsp3) is 0.261. The van der Waals surface area contributed by atoms with E-state index in [-0.39, 0.29) is 18.3 Å². The van der Waals surface area contributed by atoms with Crippen molar-refractivity contribution in [3.05, 3.63) is 60.7 Å². The average molecular weight is 387 g/mol. The van der Waals surface area contributed by atoms with Crippen molar-refractivity contribution in [3.63, 3.8) is 0 Å². The molecule has 0 spiro atoms. The Morgan fingerprint density at radius 3 is 2.29 bits per heavy atom. The molecule has 0 radical (unpaired) electrons. The van der Waals surface area contributed by atoms with Crippen molar-refractivity contribution in [1.82, 2.24) is 4.98 Å². The van der Waals surface area contributed by atoms with Gasteiger partial charge in [0.1, 0.15) is 5.01 Å². The number of aromatic nitrogens is 1. The van der Waals surface area contributed by atoms with Gasteiger partial charge < -0.3 is 9.31 Å². The fourth-order valence-corrected chi connectivity index (χ4v) is 4.67. The monoisotopic (exact) mass is 387 g/mol. The summed E-state index contributed by atoms with van der Waals surface area (Å²) in [7, 11) is -0.341. The molecule has 0 saturated carbocycles. The lowest BCUT2D eigenvalue weighted by Crippen LogP contribution is -2.41. The van der Waals surface area contributed by atoms with Crippen LogP contribution >= 0.6 is 11.3 Å². The van der Waals surface area contributed by atoms with E-state index in [1.807, 2.05) is 6.07 Å². The molecule has 3 aromatic carbocycles. The van der Waals surface area contributed by atoms with Crippen LogP contribution in [-0.4, -0.2) is 23.3 Å². The van der Waals surface area contributed by atoms with Gasteiger partial charge in [-0.05, 0) is 44.6 Å². The Kier molecular flexibility index (Phi) is 3.92. The molecule has 5 rings (SSSR count). The first-order valence-corrected chi connectivity index (χ1v) is 10.4. The maximum absolute atomic E-state index is 6.22. The molecule has 3 nitrogen and oxygen atoms in total. The minimum absolute atomic E-state index is 0.334. The molecule has 0 unspecified atom stereocenters. The van der Waals surface area contributed by atoms with Crippen LogP contribution in [0.3, 0.4) is 0 Å². The van der Waals surface area contributed by atoms with Crippen molar-refractivity contribution in [2.45, 2.75) is 38.9 Å². The van der Waals surface area contributed by atoms with Crippen LogP contribution in [0.5, 0.6) is 0 Å². The number of rotatable bonds is 2. The van der Waals surface area contributed by atoms with Gasteiger partial charge in [0.25, 0.3) is 0 Å². The predicted octanol–water partition coefficient (Wildman–Crippen LogP) is 5.42. The molecule has 0 atom stereocenters. The van der Waals surface area contributed by atoms with Gasteiger partial charge in [-0.25, -0.2) is 4.98 Å². The van der Waals surface area contributed by atoms with Crippen LogP contribution in [-0.2, 0) is 9.31 Å². The lowest BCUT2D eigenvalue weighted by Gasteiger charge is -2.32. The van der Waals surface area contributed by atoms with E-state index in [9.17, 15) is 0 Å². The summed E-state index contributed by atoms with van der Waals surface area (Å²) < 4.78 is 13.7. The molecule has 0 amide bonds. The molecule has 4 aromatic rings. The van der Waals surface area contributed by atoms with E-state index in [0.717, 1.165) is 21.6 Å². The topological polar surface area (TPSA) is 31.4 Å². The third-order valence-corrected chi connectivity index (χ3v) is 7.09. The zero-order valence-electron chi connectivity index (χ0n) is 16.5. The van der Waals surface area contributed by atoms with Gasteiger partial charge in [0.2, 0.25) is 0 Å². The van der Waals surface area contributed by atoms with Gasteiger partial charge in [0.15, 0.2) is 0 Å². The Balaban J connectivity index is 1.57. The normalized spacial score (nSPS) is 18.2. The van der Waals surface area contributed by atoms with E-state index in [1.54, 1.807) is 11.3 Å². The molecule has 1 aliphatic heterocycles. The minimum atomic E-state index is -0.341. The number of fused-ring (bicyclic) bond motifs is 3. The standard InChI is InChI=1S/C23H22BNO2S/c1-22(2)23(3,4)27-24(26-22)17-11-12-18-16(14-17)10-13-19-20(18)28-21(25-19)15-8-6-5-7-9-15/h5-14H,1-4H3. The van der Waals surface area contributed by atoms with E-state index < -0.39 is 0 Å². The quantitative estimate of drug-likeness (QED) is 0.431. The van der Waals surface area contributed by atoms with Gasteiger partial charge in [-0.2, -0.15) is 0 Å². The van der Waals surface area contributed by atoms with Crippen LogP contribution in [0, 0.1) is 0 Å². The van der Waals surface area contributed by atoms with Gasteiger partial charge in [0.05, 0.1) is 21.4 Å². The Labute approximate surface area is 169 Å². The third kappa shape index (κ3) is 2.77. The van der Waals surface area contributed by atoms with E-state index >= 15 is 0 Å². The van der Waals surface area contributed by atoms with Gasteiger partial charge in [-0.15, -0.1) is 11.3 Å².